The number of likely N-dealkylation sites (N-methyl/N-ethyl adjacent to an activating group) is 1. The predicted molar refractivity (Wildman–Crippen MR) is 134 cm³/mol. The summed E-state index contributed by atoms with van der Waals surface area (Å²) in [5, 5.41) is 9.11. The van der Waals surface area contributed by atoms with Crippen LogP contribution in [0.3, 0.4) is 0 Å². The van der Waals surface area contributed by atoms with Crippen LogP contribution in [0, 0.1) is 0 Å². The smallest absolute Gasteiger partial charge is 0.323 e. The molecule has 0 unspecified atom stereocenters. The third-order valence-electron chi connectivity index (χ3n) is 8.34. The van der Waals surface area contributed by atoms with Crippen molar-refractivity contribution in [3.8, 4) is 0 Å². The first kappa shape index (κ1) is 24.0. The zero-order chi connectivity index (χ0) is 24.5. The molecule has 1 aromatic carbocycles. The second kappa shape index (κ2) is 10.1. The Morgan fingerprint density at radius 2 is 1.57 bits per heavy atom. The van der Waals surface area contributed by atoms with Crippen molar-refractivity contribution < 1.29 is 14.7 Å². The number of nitrogens with zero attached hydrogens (tertiary/aromatic N) is 4. The Labute approximate surface area is 205 Å². The van der Waals surface area contributed by atoms with Gasteiger partial charge in [-0.1, -0.05) is 44.2 Å². The van der Waals surface area contributed by atoms with Crippen molar-refractivity contribution >= 4 is 22.9 Å². The molecular formula is C27H36N4O4. The van der Waals surface area contributed by atoms with Crippen molar-refractivity contribution in [1.29, 1.82) is 0 Å². The van der Waals surface area contributed by atoms with Crippen molar-refractivity contribution in [2.45, 2.75) is 94.8 Å². The monoisotopic (exact) mass is 480 g/mol. The van der Waals surface area contributed by atoms with Crippen LogP contribution in [-0.2, 0) is 4.79 Å². The van der Waals surface area contributed by atoms with Gasteiger partial charge in [-0.25, -0.2) is 4.98 Å². The molecule has 3 heterocycles. The number of aromatic nitrogens is 2. The van der Waals surface area contributed by atoms with Crippen LogP contribution >= 0.6 is 0 Å². The number of amides is 1. The first-order valence-electron chi connectivity index (χ1n) is 13.2. The second-order valence-electron chi connectivity index (χ2n) is 10.6. The van der Waals surface area contributed by atoms with Crippen molar-refractivity contribution in [1.82, 2.24) is 19.4 Å². The SMILES string of the molecule is CN(CC(=O)O)C(=O)c1nc2ccccc2n([C@H]2C[C@H]3CC[C@@H](C2)N3C2CCCCCCC2)c1=O. The zero-order valence-corrected chi connectivity index (χ0v) is 20.6. The minimum absolute atomic E-state index is 0.00837. The van der Waals surface area contributed by atoms with Gasteiger partial charge in [0.25, 0.3) is 11.5 Å². The van der Waals surface area contributed by atoms with Crippen LogP contribution < -0.4 is 5.56 Å². The van der Waals surface area contributed by atoms with Gasteiger partial charge in [0, 0.05) is 31.2 Å². The molecule has 2 aromatic rings. The largest absolute Gasteiger partial charge is 0.480 e. The number of para-hydroxylation sites is 2. The van der Waals surface area contributed by atoms with Gasteiger partial charge in [0.1, 0.15) is 6.54 Å². The summed E-state index contributed by atoms with van der Waals surface area (Å²) in [5.41, 5.74) is 0.740. The number of hydrogen-bond acceptors (Lipinski definition) is 5. The number of carboxylic acid groups (broad SMARTS) is 1. The summed E-state index contributed by atoms with van der Waals surface area (Å²) in [4.78, 5) is 46.1. The van der Waals surface area contributed by atoms with E-state index in [0.29, 0.717) is 23.6 Å². The first-order valence-corrected chi connectivity index (χ1v) is 13.2. The summed E-state index contributed by atoms with van der Waals surface area (Å²) in [6.07, 6.45) is 13.4. The highest BCUT2D eigenvalue weighted by Gasteiger charge is 2.44. The molecule has 1 aliphatic carbocycles. The topological polar surface area (TPSA) is 95.7 Å². The number of fused-ring (bicyclic) bond motifs is 3. The Kier molecular flexibility index (Phi) is 6.91. The molecule has 8 heteroatoms. The fourth-order valence-electron chi connectivity index (χ4n) is 6.84. The van der Waals surface area contributed by atoms with Crippen LogP contribution in [0.25, 0.3) is 11.0 Å². The highest BCUT2D eigenvalue weighted by molar-refractivity contribution is 5.95. The molecular weight excluding hydrogens is 444 g/mol. The molecule has 0 radical (unpaired) electrons. The van der Waals surface area contributed by atoms with Gasteiger partial charge in [0.2, 0.25) is 0 Å². The van der Waals surface area contributed by atoms with Gasteiger partial charge in [0.05, 0.1) is 11.0 Å². The first-order chi connectivity index (χ1) is 16.9. The van der Waals surface area contributed by atoms with Crippen LogP contribution in [0.4, 0.5) is 0 Å². The average Bonchev–Trinajstić information content (AvgIpc) is 3.06. The third kappa shape index (κ3) is 4.73. The fraction of sp³-hybridized carbons (Fsp3) is 0.630. The molecule has 3 fully saturated rings. The van der Waals surface area contributed by atoms with Crippen LogP contribution in [0.15, 0.2) is 29.1 Å². The molecule has 1 N–H and O–H groups in total. The molecule has 1 saturated carbocycles. The van der Waals surface area contributed by atoms with Crippen molar-refractivity contribution in [2.24, 2.45) is 0 Å². The lowest BCUT2D eigenvalue weighted by molar-refractivity contribution is -0.137. The lowest BCUT2D eigenvalue weighted by Crippen LogP contribution is -2.50. The molecule has 8 nitrogen and oxygen atoms in total. The maximum absolute atomic E-state index is 13.7. The van der Waals surface area contributed by atoms with Gasteiger partial charge in [-0.05, 0) is 50.7 Å². The maximum atomic E-state index is 13.7. The fourth-order valence-corrected chi connectivity index (χ4v) is 6.84. The van der Waals surface area contributed by atoms with Crippen molar-refractivity contribution in [2.75, 3.05) is 13.6 Å². The normalized spacial score (nSPS) is 25.8. The second-order valence-corrected chi connectivity index (χ2v) is 10.6. The van der Waals surface area contributed by atoms with E-state index in [4.69, 9.17) is 5.11 Å². The van der Waals surface area contributed by atoms with E-state index in [1.54, 1.807) is 4.57 Å². The molecule has 5 rings (SSSR count). The quantitative estimate of drug-likeness (QED) is 0.699. The summed E-state index contributed by atoms with van der Waals surface area (Å²) in [6, 6.07) is 9.07. The van der Waals surface area contributed by atoms with E-state index in [1.165, 1.54) is 64.8 Å². The van der Waals surface area contributed by atoms with Gasteiger partial charge in [-0.2, -0.15) is 0 Å². The molecule has 3 aliphatic rings. The highest BCUT2D eigenvalue weighted by atomic mass is 16.4. The van der Waals surface area contributed by atoms with E-state index in [9.17, 15) is 14.4 Å². The van der Waals surface area contributed by atoms with Crippen LogP contribution in [-0.4, -0.2) is 68.1 Å². The van der Waals surface area contributed by atoms with Crippen molar-refractivity contribution in [3.63, 3.8) is 0 Å². The average molecular weight is 481 g/mol. The molecule has 2 bridgehead atoms. The van der Waals surface area contributed by atoms with Gasteiger partial charge in [0.15, 0.2) is 5.69 Å². The number of carbonyl (C=O) groups is 2. The number of aliphatic carboxylic acids is 1. The molecule has 2 saturated heterocycles. The van der Waals surface area contributed by atoms with Crippen LogP contribution in [0.2, 0.25) is 0 Å². The summed E-state index contributed by atoms with van der Waals surface area (Å²) >= 11 is 0. The Morgan fingerprint density at radius 1 is 0.943 bits per heavy atom. The Morgan fingerprint density at radius 3 is 2.23 bits per heavy atom. The van der Waals surface area contributed by atoms with E-state index < -0.39 is 24.0 Å². The maximum Gasteiger partial charge on any atom is 0.323 e. The number of hydrogen-bond donors (Lipinski definition) is 1. The third-order valence-corrected chi connectivity index (χ3v) is 8.34. The zero-order valence-electron chi connectivity index (χ0n) is 20.6. The van der Waals surface area contributed by atoms with E-state index in [2.05, 4.69) is 9.88 Å². The predicted octanol–water partition coefficient (Wildman–Crippen LogP) is 3.83. The van der Waals surface area contributed by atoms with Gasteiger partial charge in [-0.15, -0.1) is 0 Å². The van der Waals surface area contributed by atoms with Crippen LogP contribution in [0.5, 0.6) is 0 Å². The summed E-state index contributed by atoms with van der Waals surface area (Å²) in [7, 11) is 1.39. The van der Waals surface area contributed by atoms with E-state index in [-0.39, 0.29) is 11.7 Å². The minimum Gasteiger partial charge on any atom is -0.480 e. The molecule has 3 atom stereocenters. The number of carbonyl (C=O) groups excluding carboxylic acids is 1. The van der Waals surface area contributed by atoms with Crippen LogP contribution in [0.1, 0.15) is 87.2 Å². The number of piperidine rings is 1. The number of benzene rings is 1. The molecule has 0 spiro atoms. The Bertz CT molecular complexity index is 1140. The highest BCUT2D eigenvalue weighted by Crippen LogP contribution is 2.44. The van der Waals surface area contributed by atoms with E-state index in [1.807, 2.05) is 24.3 Å². The molecule has 35 heavy (non-hydrogen) atoms. The molecule has 2 aliphatic heterocycles. The summed E-state index contributed by atoms with van der Waals surface area (Å²) in [6.45, 7) is -0.475. The number of carboxylic acids is 1. The lowest BCUT2D eigenvalue weighted by atomic mass is 9.89. The van der Waals surface area contributed by atoms with Gasteiger partial charge >= 0.3 is 5.97 Å². The molecule has 1 aromatic heterocycles. The van der Waals surface area contributed by atoms with E-state index in [0.717, 1.165) is 23.3 Å². The van der Waals surface area contributed by atoms with Gasteiger partial charge in [-0.3, -0.25) is 19.3 Å². The summed E-state index contributed by atoms with van der Waals surface area (Å²) < 4.78 is 1.80. The molecule has 1 amide bonds. The lowest BCUT2D eigenvalue weighted by Gasteiger charge is -2.45. The Balaban J connectivity index is 1.47. The Hall–Kier alpha value is -2.74. The minimum atomic E-state index is -1.12. The van der Waals surface area contributed by atoms with E-state index >= 15 is 0 Å². The van der Waals surface area contributed by atoms with Crippen molar-refractivity contribution in [3.05, 3.63) is 40.3 Å². The number of rotatable bonds is 5. The molecule has 188 valence electrons. The standard InChI is InChI=1S/C27H36N4O4/c1-29(17-24(32)33)26(34)25-27(35)31(23-12-8-7-11-22(23)28-25)21-15-19-13-14-20(16-21)30(19)18-9-5-3-2-4-6-10-18/h7-8,11-12,18-21H,2-6,9-10,13-17H2,1H3,(H,32,33)/t19-,20+,21+. The summed E-state index contributed by atoms with van der Waals surface area (Å²) in [5.74, 6) is -1.77. The van der Waals surface area contributed by atoms with Gasteiger partial charge < -0.3 is 14.6 Å².